The fourth-order valence-electron chi connectivity index (χ4n) is 2.24. The minimum Gasteiger partial charge on any atom is -0.467 e. The quantitative estimate of drug-likeness (QED) is 0.256. The van der Waals surface area contributed by atoms with Crippen LogP contribution in [0.4, 0.5) is 0 Å². The smallest absolute Gasteiger partial charge is 0.100 e. The van der Waals surface area contributed by atoms with Gasteiger partial charge in [-0.05, 0) is 67.2 Å². The van der Waals surface area contributed by atoms with Crippen molar-refractivity contribution in [2.24, 2.45) is 0 Å². The van der Waals surface area contributed by atoms with Crippen molar-refractivity contribution >= 4 is 0 Å². The van der Waals surface area contributed by atoms with E-state index >= 15 is 0 Å². The van der Waals surface area contributed by atoms with Crippen LogP contribution < -0.4 is 0 Å². The van der Waals surface area contributed by atoms with Crippen LogP contribution in [-0.4, -0.2) is 0 Å². The summed E-state index contributed by atoms with van der Waals surface area (Å²) in [5.41, 5.74) is 5.51. The average Bonchev–Trinajstić information content (AvgIpc) is 2.50. The summed E-state index contributed by atoms with van der Waals surface area (Å²) < 4.78 is 5.73. The van der Waals surface area contributed by atoms with Gasteiger partial charge in [0.15, 0.2) is 0 Å². The minimum atomic E-state index is 0.753. The Morgan fingerprint density at radius 3 is 1.32 bits per heavy atom. The zero-order valence-corrected chi connectivity index (χ0v) is 17.4. The first kappa shape index (κ1) is 23.2. The second-order valence-electron chi connectivity index (χ2n) is 7.33. The van der Waals surface area contributed by atoms with Crippen molar-refractivity contribution in [1.29, 1.82) is 0 Å². The molecule has 0 saturated heterocycles. The van der Waals surface area contributed by atoms with Gasteiger partial charge in [0, 0.05) is 12.8 Å². The Morgan fingerprint density at radius 2 is 1.00 bits per heavy atom. The van der Waals surface area contributed by atoms with E-state index in [1.54, 1.807) is 0 Å². The molecule has 0 rings (SSSR count). The van der Waals surface area contributed by atoms with E-state index in [0.29, 0.717) is 0 Å². The molecule has 25 heavy (non-hydrogen) atoms. The van der Waals surface area contributed by atoms with Crippen LogP contribution in [0.1, 0.15) is 80.1 Å². The van der Waals surface area contributed by atoms with Gasteiger partial charge < -0.3 is 4.74 Å². The van der Waals surface area contributed by atoms with E-state index in [1.807, 2.05) is 0 Å². The van der Waals surface area contributed by atoms with Gasteiger partial charge in [0.05, 0.1) is 0 Å². The molecule has 0 fully saturated rings. The van der Waals surface area contributed by atoms with Crippen molar-refractivity contribution in [2.45, 2.75) is 80.1 Å². The van der Waals surface area contributed by atoms with E-state index in [-0.39, 0.29) is 0 Å². The molecule has 0 saturated carbocycles. The van der Waals surface area contributed by atoms with E-state index < -0.39 is 0 Å². The normalized spacial score (nSPS) is 11.8. The van der Waals surface area contributed by atoms with Crippen LogP contribution in [0, 0.1) is 0 Å². The van der Waals surface area contributed by atoms with Crippen molar-refractivity contribution < 1.29 is 4.74 Å². The number of hydrogen-bond acceptors (Lipinski definition) is 1. The van der Waals surface area contributed by atoms with Crippen LogP contribution in [0.5, 0.6) is 0 Å². The van der Waals surface area contributed by atoms with Gasteiger partial charge in [0.1, 0.15) is 11.5 Å². The minimum absolute atomic E-state index is 0.753. The topological polar surface area (TPSA) is 9.23 Å². The Balaban J connectivity index is 4.15. The number of hydrogen-bond donors (Lipinski definition) is 0. The van der Waals surface area contributed by atoms with Crippen LogP contribution >= 0.6 is 0 Å². The first-order valence-electron chi connectivity index (χ1n) is 9.32. The molecule has 140 valence electrons. The molecule has 0 spiro atoms. The zero-order chi connectivity index (χ0) is 19.2. The summed E-state index contributed by atoms with van der Waals surface area (Å²) in [4.78, 5) is 0. The molecule has 0 atom stereocenters. The third-order valence-electron chi connectivity index (χ3n) is 3.83. The molecule has 0 aromatic rings. The van der Waals surface area contributed by atoms with Crippen molar-refractivity contribution in [2.75, 3.05) is 0 Å². The first-order valence-corrected chi connectivity index (χ1v) is 9.32. The number of ether oxygens (including phenoxy) is 1. The van der Waals surface area contributed by atoms with Crippen LogP contribution in [0.2, 0.25) is 0 Å². The lowest BCUT2D eigenvalue weighted by Gasteiger charge is -2.09. The van der Waals surface area contributed by atoms with Crippen LogP contribution in [0.3, 0.4) is 0 Å². The summed E-state index contributed by atoms with van der Waals surface area (Å²) in [6, 6.07) is 0. The van der Waals surface area contributed by atoms with Gasteiger partial charge >= 0.3 is 0 Å². The predicted molar refractivity (Wildman–Crippen MR) is 113 cm³/mol. The molecule has 1 nitrogen and oxygen atoms in total. The maximum absolute atomic E-state index is 5.73. The van der Waals surface area contributed by atoms with E-state index in [4.69, 9.17) is 4.74 Å². The second-order valence-corrected chi connectivity index (χ2v) is 7.33. The average molecular weight is 343 g/mol. The van der Waals surface area contributed by atoms with Crippen LogP contribution in [0.25, 0.3) is 0 Å². The van der Waals surface area contributed by atoms with Gasteiger partial charge in [-0.1, -0.05) is 59.8 Å². The summed E-state index contributed by atoms with van der Waals surface area (Å²) in [7, 11) is 0. The third-order valence-corrected chi connectivity index (χ3v) is 3.83. The highest BCUT2D eigenvalue weighted by atomic mass is 16.5. The molecule has 0 bridgehead atoms. The maximum atomic E-state index is 5.73. The molecule has 1 heteroatoms. The SMILES string of the molecule is C=C(C/C=C(\C)CCC=C(C)C)OC(=C)C/C=C(\C)CCC=C(C)C. The monoisotopic (exact) mass is 342 g/mol. The molecule has 0 aliphatic heterocycles. The molecule has 0 aliphatic rings. The summed E-state index contributed by atoms with van der Waals surface area (Å²) in [6.45, 7) is 20.9. The van der Waals surface area contributed by atoms with Crippen LogP contribution in [-0.2, 0) is 4.74 Å². The molecule has 0 heterocycles. The van der Waals surface area contributed by atoms with Crippen molar-refractivity contribution in [3.63, 3.8) is 0 Å². The highest BCUT2D eigenvalue weighted by Crippen LogP contribution is 2.16. The molecular formula is C24H38O. The predicted octanol–water partition coefficient (Wildman–Crippen LogP) is 8.20. The number of rotatable bonds is 12. The molecule has 0 aromatic heterocycles. The first-order chi connectivity index (χ1) is 11.7. The summed E-state index contributed by atoms with van der Waals surface area (Å²) >= 11 is 0. The van der Waals surface area contributed by atoms with Crippen molar-refractivity contribution in [3.05, 3.63) is 71.3 Å². The Morgan fingerprint density at radius 1 is 0.640 bits per heavy atom. The molecule has 0 unspecified atom stereocenters. The van der Waals surface area contributed by atoms with Gasteiger partial charge in [0.2, 0.25) is 0 Å². The van der Waals surface area contributed by atoms with E-state index in [9.17, 15) is 0 Å². The fourth-order valence-corrected chi connectivity index (χ4v) is 2.24. The van der Waals surface area contributed by atoms with Gasteiger partial charge in [-0.3, -0.25) is 0 Å². The van der Waals surface area contributed by atoms with Crippen LogP contribution in [0.15, 0.2) is 71.3 Å². The Labute approximate surface area is 156 Å². The zero-order valence-electron chi connectivity index (χ0n) is 17.4. The standard InChI is InChI=1S/C24H38O/c1-19(2)11-9-13-21(5)15-17-23(7)25-24(8)18-16-22(6)14-10-12-20(3)4/h11-12,15-16H,7-10,13-14,17-18H2,1-6H3/b21-15+,22-16+. The Hall–Kier alpha value is -1.76. The summed E-state index contributed by atoms with van der Waals surface area (Å²) in [5, 5.41) is 0. The summed E-state index contributed by atoms with van der Waals surface area (Å²) in [6.07, 6.45) is 14.8. The second kappa shape index (κ2) is 13.5. The molecule has 0 aliphatic carbocycles. The van der Waals surface area contributed by atoms with E-state index in [0.717, 1.165) is 50.0 Å². The number of allylic oxidation sites excluding steroid dienone is 8. The molecule has 0 radical (unpaired) electrons. The van der Waals surface area contributed by atoms with Gasteiger partial charge in [-0.2, -0.15) is 0 Å². The largest absolute Gasteiger partial charge is 0.467 e. The molecule has 0 amide bonds. The van der Waals surface area contributed by atoms with Gasteiger partial charge in [-0.15, -0.1) is 0 Å². The Bertz CT molecular complexity index is 495. The third kappa shape index (κ3) is 15.5. The Kier molecular flexibility index (Phi) is 12.6. The molecule has 0 N–H and O–H groups in total. The lowest BCUT2D eigenvalue weighted by molar-refractivity contribution is 0.295. The van der Waals surface area contributed by atoms with Gasteiger partial charge in [-0.25, -0.2) is 0 Å². The van der Waals surface area contributed by atoms with Crippen molar-refractivity contribution in [1.82, 2.24) is 0 Å². The fraction of sp³-hybridized carbons (Fsp3) is 0.500. The van der Waals surface area contributed by atoms with Crippen molar-refractivity contribution in [3.8, 4) is 0 Å². The van der Waals surface area contributed by atoms with E-state index in [1.165, 1.54) is 22.3 Å². The highest BCUT2D eigenvalue weighted by Gasteiger charge is 1.99. The lowest BCUT2D eigenvalue weighted by atomic mass is 10.1. The summed E-state index contributed by atoms with van der Waals surface area (Å²) in [5.74, 6) is 1.53. The highest BCUT2D eigenvalue weighted by molar-refractivity contribution is 5.10. The van der Waals surface area contributed by atoms with E-state index in [2.05, 4.69) is 79.0 Å². The molecular weight excluding hydrogens is 304 g/mol. The lowest BCUT2D eigenvalue weighted by Crippen LogP contribution is -1.91. The maximum Gasteiger partial charge on any atom is 0.100 e. The van der Waals surface area contributed by atoms with Gasteiger partial charge in [0.25, 0.3) is 0 Å². The molecule has 0 aromatic carbocycles.